The number of rotatable bonds is 1. The Bertz CT molecular complexity index is 298. The molecule has 0 aliphatic rings. The summed E-state index contributed by atoms with van der Waals surface area (Å²) in [7, 11) is 0. The maximum atomic E-state index is 10.8. The van der Waals surface area contributed by atoms with E-state index in [2.05, 4.69) is 45.2 Å². The molecule has 0 aliphatic carbocycles. The van der Waals surface area contributed by atoms with Crippen LogP contribution in [-0.2, 0) is 0 Å². The van der Waals surface area contributed by atoms with Gasteiger partial charge in [-0.1, -0.05) is 6.07 Å². The number of carbonyl (C=O) groups excluding carboxylic acids is 1. The van der Waals surface area contributed by atoms with Crippen molar-refractivity contribution in [3.05, 3.63) is 30.9 Å². The quantitative estimate of drug-likeness (QED) is 0.530. The zero-order chi connectivity index (χ0) is 8.43. The SMILES string of the molecule is O=C(Cl)c1cccc(I)c1I. The molecular weight excluding hydrogens is 389 g/mol. The lowest BCUT2D eigenvalue weighted by atomic mass is 10.2. The Labute approximate surface area is 96.8 Å². The normalized spacial score (nSPS) is 9.73. The molecule has 0 radical (unpaired) electrons. The van der Waals surface area contributed by atoms with Crippen LogP contribution in [0.2, 0.25) is 0 Å². The number of benzene rings is 1. The molecule has 0 bridgehead atoms. The summed E-state index contributed by atoms with van der Waals surface area (Å²) in [5.41, 5.74) is 0.583. The fourth-order valence-corrected chi connectivity index (χ4v) is 2.08. The van der Waals surface area contributed by atoms with Crippen molar-refractivity contribution in [1.82, 2.24) is 0 Å². The minimum absolute atomic E-state index is 0.395. The smallest absolute Gasteiger partial charge is 0.253 e. The van der Waals surface area contributed by atoms with Crippen LogP contribution >= 0.6 is 56.8 Å². The van der Waals surface area contributed by atoms with Gasteiger partial charge in [0.15, 0.2) is 0 Å². The maximum absolute atomic E-state index is 10.8. The van der Waals surface area contributed by atoms with E-state index in [0.29, 0.717) is 5.56 Å². The van der Waals surface area contributed by atoms with Crippen molar-refractivity contribution >= 4 is 62.0 Å². The molecule has 0 saturated heterocycles. The van der Waals surface area contributed by atoms with Gasteiger partial charge in [-0.3, -0.25) is 4.79 Å². The standard InChI is InChI=1S/C7H3ClI2O/c8-7(11)4-2-1-3-5(9)6(4)10/h1-3H. The first-order chi connectivity index (χ1) is 5.13. The van der Waals surface area contributed by atoms with Gasteiger partial charge in [0.1, 0.15) is 0 Å². The number of carbonyl (C=O) groups is 1. The van der Waals surface area contributed by atoms with Crippen LogP contribution in [0.1, 0.15) is 10.4 Å². The molecule has 0 fully saturated rings. The highest BCUT2D eigenvalue weighted by Gasteiger charge is 2.07. The summed E-state index contributed by atoms with van der Waals surface area (Å²) in [4.78, 5) is 10.8. The first kappa shape index (κ1) is 9.73. The molecule has 0 saturated carbocycles. The van der Waals surface area contributed by atoms with E-state index < -0.39 is 5.24 Å². The van der Waals surface area contributed by atoms with Gasteiger partial charge in [0.25, 0.3) is 5.24 Å². The second kappa shape index (κ2) is 4.04. The van der Waals surface area contributed by atoms with Gasteiger partial charge in [-0.2, -0.15) is 0 Å². The monoisotopic (exact) mass is 392 g/mol. The van der Waals surface area contributed by atoms with Crippen molar-refractivity contribution in [2.45, 2.75) is 0 Å². The topological polar surface area (TPSA) is 17.1 Å². The van der Waals surface area contributed by atoms with E-state index in [1.807, 2.05) is 12.1 Å². The van der Waals surface area contributed by atoms with Gasteiger partial charge in [-0.25, -0.2) is 0 Å². The van der Waals surface area contributed by atoms with Crippen LogP contribution in [0.5, 0.6) is 0 Å². The van der Waals surface area contributed by atoms with E-state index in [1.165, 1.54) is 0 Å². The third-order valence-electron chi connectivity index (χ3n) is 1.16. The van der Waals surface area contributed by atoms with Crippen LogP contribution < -0.4 is 0 Å². The largest absolute Gasteiger partial charge is 0.276 e. The minimum Gasteiger partial charge on any atom is -0.276 e. The molecule has 0 atom stereocenters. The lowest BCUT2D eigenvalue weighted by Gasteiger charge is -1.99. The number of halogens is 3. The molecule has 4 heteroatoms. The van der Waals surface area contributed by atoms with E-state index in [0.717, 1.165) is 7.14 Å². The Hall–Kier alpha value is 0.640. The lowest BCUT2D eigenvalue weighted by molar-refractivity contribution is 0.108. The number of hydrogen-bond acceptors (Lipinski definition) is 1. The third kappa shape index (κ3) is 2.29. The fourth-order valence-electron chi connectivity index (χ4n) is 0.656. The summed E-state index contributed by atoms with van der Waals surface area (Å²) >= 11 is 9.61. The van der Waals surface area contributed by atoms with Crippen molar-refractivity contribution in [1.29, 1.82) is 0 Å². The van der Waals surface area contributed by atoms with Crippen LogP contribution in [0.15, 0.2) is 18.2 Å². The van der Waals surface area contributed by atoms with Gasteiger partial charge in [-0.15, -0.1) is 0 Å². The summed E-state index contributed by atoms with van der Waals surface area (Å²) in [5.74, 6) is 0. The van der Waals surface area contributed by atoms with E-state index in [4.69, 9.17) is 11.6 Å². The average molecular weight is 392 g/mol. The Balaban J connectivity index is 3.27. The van der Waals surface area contributed by atoms with Gasteiger partial charge in [0.05, 0.1) is 0 Å². The Morgan fingerprint density at radius 1 is 1.36 bits per heavy atom. The molecular formula is C7H3ClI2O. The molecule has 11 heavy (non-hydrogen) atoms. The van der Waals surface area contributed by atoms with Crippen LogP contribution in [0.25, 0.3) is 0 Å². The average Bonchev–Trinajstić information content (AvgIpc) is 1.94. The molecule has 0 spiro atoms. The summed E-state index contributed by atoms with van der Waals surface area (Å²) in [6.45, 7) is 0. The van der Waals surface area contributed by atoms with E-state index in [9.17, 15) is 4.79 Å². The van der Waals surface area contributed by atoms with Gasteiger partial charge < -0.3 is 0 Å². The van der Waals surface area contributed by atoms with Crippen LogP contribution in [0.3, 0.4) is 0 Å². The zero-order valence-electron chi connectivity index (χ0n) is 5.27. The summed E-state index contributed by atoms with van der Waals surface area (Å²) in [6, 6.07) is 5.48. The van der Waals surface area contributed by atoms with E-state index >= 15 is 0 Å². The van der Waals surface area contributed by atoms with Crippen molar-refractivity contribution < 1.29 is 4.79 Å². The molecule has 1 aromatic carbocycles. The van der Waals surface area contributed by atoms with E-state index in [-0.39, 0.29) is 0 Å². The first-order valence-electron chi connectivity index (χ1n) is 2.77. The predicted molar refractivity (Wildman–Crippen MR) is 62.1 cm³/mol. The molecule has 0 N–H and O–H groups in total. The van der Waals surface area contributed by atoms with Gasteiger partial charge in [0.2, 0.25) is 0 Å². The Morgan fingerprint density at radius 3 is 2.45 bits per heavy atom. The van der Waals surface area contributed by atoms with Crippen molar-refractivity contribution in [3.63, 3.8) is 0 Å². The Morgan fingerprint density at radius 2 is 2.00 bits per heavy atom. The molecule has 0 aliphatic heterocycles. The molecule has 58 valence electrons. The fraction of sp³-hybridized carbons (Fsp3) is 0. The van der Waals surface area contributed by atoms with Crippen molar-refractivity contribution in [3.8, 4) is 0 Å². The van der Waals surface area contributed by atoms with E-state index in [1.54, 1.807) is 6.07 Å². The second-order valence-electron chi connectivity index (χ2n) is 1.88. The molecule has 0 unspecified atom stereocenters. The lowest BCUT2D eigenvalue weighted by Crippen LogP contribution is -1.94. The Kier molecular flexibility index (Phi) is 3.57. The summed E-state index contributed by atoms with van der Waals surface area (Å²) in [6.07, 6.45) is 0. The second-order valence-corrected chi connectivity index (χ2v) is 4.46. The highest BCUT2D eigenvalue weighted by atomic mass is 127. The minimum atomic E-state index is -0.395. The van der Waals surface area contributed by atoms with Gasteiger partial charge >= 0.3 is 0 Å². The van der Waals surface area contributed by atoms with Crippen molar-refractivity contribution in [2.24, 2.45) is 0 Å². The molecule has 0 heterocycles. The van der Waals surface area contributed by atoms with Crippen LogP contribution in [0, 0.1) is 7.14 Å². The predicted octanol–water partition coefficient (Wildman–Crippen LogP) is 3.27. The molecule has 1 aromatic rings. The van der Waals surface area contributed by atoms with Gasteiger partial charge in [-0.05, 0) is 68.9 Å². The summed E-state index contributed by atoms with van der Waals surface area (Å²) < 4.78 is 1.97. The summed E-state index contributed by atoms with van der Waals surface area (Å²) in [5, 5.41) is -0.395. The van der Waals surface area contributed by atoms with Crippen molar-refractivity contribution in [2.75, 3.05) is 0 Å². The third-order valence-corrected chi connectivity index (χ3v) is 4.46. The zero-order valence-corrected chi connectivity index (χ0v) is 10.3. The maximum Gasteiger partial charge on any atom is 0.253 e. The molecule has 0 amide bonds. The highest BCUT2D eigenvalue weighted by Crippen LogP contribution is 2.20. The number of hydrogen-bond donors (Lipinski definition) is 0. The first-order valence-corrected chi connectivity index (χ1v) is 5.30. The molecule has 0 aromatic heterocycles. The molecule has 1 nitrogen and oxygen atoms in total. The van der Waals surface area contributed by atoms with Crippen LogP contribution in [0.4, 0.5) is 0 Å². The highest BCUT2D eigenvalue weighted by molar-refractivity contribution is 14.1. The van der Waals surface area contributed by atoms with Gasteiger partial charge in [0, 0.05) is 12.7 Å². The van der Waals surface area contributed by atoms with Crippen LogP contribution in [-0.4, -0.2) is 5.24 Å². The molecule has 1 rings (SSSR count).